The zero-order chi connectivity index (χ0) is 22.6. The van der Waals surface area contributed by atoms with E-state index in [1.165, 1.54) is 16.9 Å². The maximum Gasteiger partial charge on any atom is 0.264 e. The first kappa shape index (κ1) is 22.6. The van der Waals surface area contributed by atoms with E-state index in [-0.39, 0.29) is 16.2 Å². The highest BCUT2D eigenvalue weighted by Crippen LogP contribution is 2.23. The Bertz CT molecular complexity index is 1130. The summed E-state index contributed by atoms with van der Waals surface area (Å²) < 4.78 is 26.7. The summed E-state index contributed by atoms with van der Waals surface area (Å²) in [4.78, 5) is 12.7. The number of amides is 1. The molecule has 0 saturated heterocycles. The molecule has 5 nitrogen and oxygen atoms in total. The van der Waals surface area contributed by atoms with E-state index in [4.69, 9.17) is 0 Å². The van der Waals surface area contributed by atoms with Crippen molar-refractivity contribution in [2.24, 2.45) is 0 Å². The second kappa shape index (κ2) is 8.94. The van der Waals surface area contributed by atoms with Crippen molar-refractivity contribution in [2.75, 3.05) is 11.4 Å². The van der Waals surface area contributed by atoms with Gasteiger partial charge in [-0.05, 0) is 52.9 Å². The fourth-order valence-corrected chi connectivity index (χ4v) is 4.34. The smallest absolute Gasteiger partial charge is 0.264 e. The number of carbonyl (C=O) groups is 1. The van der Waals surface area contributed by atoms with Crippen LogP contribution < -0.4 is 9.62 Å². The van der Waals surface area contributed by atoms with Crippen molar-refractivity contribution < 1.29 is 13.2 Å². The second-order valence-corrected chi connectivity index (χ2v) is 10.4. The fourth-order valence-electron chi connectivity index (χ4n) is 3.12. The van der Waals surface area contributed by atoms with Gasteiger partial charge in [-0.3, -0.25) is 9.10 Å². The molecule has 3 rings (SSSR count). The van der Waals surface area contributed by atoms with Crippen LogP contribution in [0.1, 0.15) is 42.3 Å². The van der Waals surface area contributed by atoms with Gasteiger partial charge in [-0.15, -0.1) is 0 Å². The number of nitrogens with one attached hydrogen (secondary N) is 1. The molecule has 1 N–H and O–H groups in total. The SMILES string of the molecule is CN(c1ccc(C(=O)NCc2ccc(C(C)(C)C)cc2)cc1)S(=O)(=O)c1ccccc1. The molecule has 0 aliphatic heterocycles. The van der Waals surface area contributed by atoms with Crippen LogP contribution in [0.15, 0.2) is 83.8 Å². The lowest BCUT2D eigenvalue weighted by Gasteiger charge is -2.20. The van der Waals surface area contributed by atoms with Gasteiger partial charge in [-0.2, -0.15) is 0 Å². The Morgan fingerprint density at radius 1 is 0.871 bits per heavy atom. The molecule has 0 unspecified atom stereocenters. The first-order chi connectivity index (χ1) is 14.6. The number of anilines is 1. The zero-order valence-corrected chi connectivity index (χ0v) is 19.1. The third-order valence-corrected chi connectivity index (χ3v) is 6.97. The van der Waals surface area contributed by atoms with E-state index in [1.54, 1.807) is 54.6 Å². The summed E-state index contributed by atoms with van der Waals surface area (Å²) in [6.45, 7) is 6.91. The number of rotatable bonds is 6. The average Bonchev–Trinajstić information content (AvgIpc) is 2.77. The molecule has 1 amide bonds. The van der Waals surface area contributed by atoms with Crippen LogP contribution in [0.25, 0.3) is 0 Å². The Balaban J connectivity index is 1.65. The maximum absolute atomic E-state index is 12.7. The molecule has 0 aliphatic rings. The molecule has 0 atom stereocenters. The predicted octanol–water partition coefficient (Wildman–Crippen LogP) is 4.74. The van der Waals surface area contributed by atoms with Crippen molar-refractivity contribution in [3.63, 3.8) is 0 Å². The summed E-state index contributed by atoms with van der Waals surface area (Å²) in [5.41, 5.74) is 3.31. The quantitative estimate of drug-likeness (QED) is 0.607. The Morgan fingerprint density at radius 3 is 2.00 bits per heavy atom. The summed E-state index contributed by atoms with van der Waals surface area (Å²) in [6, 6.07) is 23.0. The normalized spacial score (nSPS) is 11.7. The number of hydrogen-bond acceptors (Lipinski definition) is 3. The molecule has 31 heavy (non-hydrogen) atoms. The Morgan fingerprint density at radius 2 is 1.45 bits per heavy atom. The molecule has 3 aromatic carbocycles. The molecule has 6 heteroatoms. The molecular weight excluding hydrogens is 408 g/mol. The minimum absolute atomic E-state index is 0.0880. The summed E-state index contributed by atoms with van der Waals surface area (Å²) in [7, 11) is -2.15. The molecule has 0 spiro atoms. The van der Waals surface area contributed by atoms with Crippen molar-refractivity contribution >= 4 is 21.6 Å². The Kier molecular flexibility index (Phi) is 6.51. The molecule has 0 fully saturated rings. The number of nitrogens with zero attached hydrogens (tertiary/aromatic N) is 1. The van der Waals surface area contributed by atoms with Crippen LogP contribution in [0, 0.1) is 0 Å². The van der Waals surface area contributed by atoms with Gasteiger partial charge in [0, 0.05) is 19.2 Å². The van der Waals surface area contributed by atoms with Crippen molar-refractivity contribution in [1.82, 2.24) is 5.32 Å². The van der Waals surface area contributed by atoms with Crippen molar-refractivity contribution in [3.05, 3.63) is 95.6 Å². The van der Waals surface area contributed by atoms with E-state index < -0.39 is 10.0 Å². The number of benzene rings is 3. The average molecular weight is 437 g/mol. The third kappa shape index (κ3) is 5.33. The maximum atomic E-state index is 12.7. The van der Waals surface area contributed by atoms with E-state index in [2.05, 4.69) is 38.2 Å². The molecule has 0 radical (unpaired) electrons. The molecular formula is C25H28N2O3S. The largest absolute Gasteiger partial charge is 0.348 e. The third-order valence-electron chi connectivity index (χ3n) is 5.17. The highest BCUT2D eigenvalue weighted by molar-refractivity contribution is 7.92. The highest BCUT2D eigenvalue weighted by Gasteiger charge is 2.21. The van der Waals surface area contributed by atoms with E-state index in [0.29, 0.717) is 17.8 Å². The van der Waals surface area contributed by atoms with Crippen molar-refractivity contribution in [2.45, 2.75) is 37.6 Å². The fraction of sp³-hybridized carbons (Fsp3) is 0.240. The van der Waals surface area contributed by atoms with E-state index in [9.17, 15) is 13.2 Å². The summed E-state index contributed by atoms with van der Waals surface area (Å²) >= 11 is 0. The minimum atomic E-state index is -3.65. The molecule has 0 heterocycles. The topological polar surface area (TPSA) is 66.5 Å². The molecule has 0 aromatic heterocycles. The zero-order valence-electron chi connectivity index (χ0n) is 18.3. The van der Waals surface area contributed by atoms with Crippen LogP contribution in [-0.4, -0.2) is 21.4 Å². The molecule has 162 valence electrons. The lowest BCUT2D eigenvalue weighted by molar-refractivity contribution is 0.0951. The van der Waals surface area contributed by atoms with Crippen LogP contribution in [0.3, 0.4) is 0 Å². The van der Waals surface area contributed by atoms with Crippen LogP contribution in [-0.2, 0) is 22.0 Å². The summed E-state index contributed by atoms with van der Waals surface area (Å²) in [5, 5.41) is 2.91. The molecule has 0 bridgehead atoms. The molecule has 0 saturated carbocycles. The van der Waals surface area contributed by atoms with Crippen LogP contribution >= 0.6 is 0 Å². The first-order valence-electron chi connectivity index (χ1n) is 10.1. The van der Waals surface area contributed by atoms with Crippen LogP contribution in [0.5, 0.6) is 0 Å². The molecule has 0 aliphatic carbocycles. The van der Waals surface area contributed by atoms with Crippen LogP contribution in [0.4, 0.5) is 5.69 Å². The van der Waals surface area contributed by atoms with Gasteiger partial charge in [0.25, 0.3) is 15.9 Å². The van der Waals surface area contributed by atoms with Gasteiger partial charge in [0.2, 0.25) is 0 Å². The van der Waals surface area contributed by atoms with Crippen molar-refractivity contribution in [1.29, 1.82) is 0 Å². The summed E-state index contributed by atoms with van der Waals surface area (Å²) in [6.07, 6.45) is 0. The number of hydrogen-bond donors (Lipinski definition) is 1. The van der Waals surface area contributed by atoms with Crippen molar-refractivity contribution in [3.8, 4) is 0 Å². The van der Waals surface area contributed by atoms with E-state index in [0.717, 1.165) is 5.56 Å². The number of sulfonamides is 1. The van der Waals surface area contributed by atoms with Crippen LogP contribution in [0.2, 0.25) is 0 Å². The monoisotopic (exact) mass is 436 g/mol. The molecule has 3 aromatic rings. The highest BCUT2D eigenvalue weighted by atomic mass is 32.2. The van der Waals surface area contributed by atoms with Gasteiger partial charge in [-0.25, -0.2) is 8.42 Å². The van der Waals surface area contributed by atoms with Gasteiger partial charge < -0.3 is 5.32 Å². The lowest BCUT2D eigenvalue weighted by atomic mass is 9.87. The minimum Gasteiger partial charge on any atom is -0.348 e. The lowest BCUT2D eigenvalue weighted by Crippen LogP contribution is -2.27. The first-order valence-corrected chi connectivity index (χ1v) is 11.5. The van der Waals surface area contributed by atoms with E-state index in [1.807, 2.05) is 12.1 Å². The van der Waals surface area contributed by atoms with Gasteiger partial charge in [0.15, 0.2) is 0 Å². The van der Waals surface area contributed by atoms with Gasteiger partial charge in [-0.1, -0.05) is 63.2 Å². The van der Waals surface area contributed by atoms with Gasteiger partial charge in [0.1, 0.15) is 0 Å². The Labute approximate surface area is 184 Å². The number of carbonyl (C=O) groups excluding carboxylic acids is 1. The standard InChI is InChI=1S/C25H28N2O3S/c1-25(2,3)21-14-10-19(11-15-21)18-26-24(28)20-12-16-22(17-13-20)27(4)31(29,30)23-8-6-5-7-9-23/h5-17H,18H2,1-4H3,(H,26,28). The van der Waals surface area contributed by atoms with E-state index >= 15 is 0 Å². The second-order valence-electron chi connectivity index (χ2n) is 8.46. The summed E-state index contributed by atoms with van der Waals surface area (Å²) in [5.74, 6) is -0.208. The van der Waals surface area contributed by atoms with Gasteiger partial charge >= 0.3 is 0 Å². The Hall–Kier alpha value is -3.12. The van der Waals surface area contributed by atoms with Gasteiger partial charge in [0.05, 0.1) is 10.6 Å². The predicted molar refractivity (Wildman–Crippen MR) is 125 cm³/mol.